The topological polar surface area (TPSA) is 40.7 Å². The van der Waals surface area contributed by atoms with E-state index in [9.17, 15) is 0 Å². The highest BCUT2D eigenvalue weighted by Gasteiger charge is 2.54. The van der Waals surface area contributed by atoms with E-state index < -0.39 is 0 Å². The highest BCUT2D eigenvalue weighted by Crippen LogP contribution is 2.53. The summed E-state index contributed by atoms with van der Waals surface area (Å²) in [4.78, 5) is 9.48. The molecule has 2 atom stereocenters. The van der Waals surface area contributed by atoms with Gasteiger partial charge in [0.15, 0.2) is 0 Å². The third-order valence-corrected chi connectivity index (χ3v) is 15.8. The molecule has 352 valence electrons. The largest absolute Gasteiger partial charge is 0.487 e. The number of para-hydroxylation sites is 6. The van der Waals surface area contributed by atoms with Gasteiger partial charge in [-0.05, 0) is 143 Å². The molecule has 0 saturated heterocycles. The van der Waals surface area contributed by atoms with Gasteiger partial charge in [0.25, 0.3) is 6.71 Å². The first kappa shape index (κ1) is 42.0. The van der Waals surface area contributed by atoms with Crippen LogP contribution in [0.2, 0.25) is 5.82 Å². The van der Waals surface area contributed by atoms with Crippen LogP contribution < -0.4 is 55.7 Å². The van der Waals surface area contributed by atoms with Crippen molar-refractivity contribution in [3.8, 4) is 23.0 Å². The molecule has 7 nitrogen and oxygen atoms in total. The summed E-state index contributed by atoms with van der Waals surface area (Å²) in [6.07, 6.45) is 4.42. The fourth-order valence-electron chi connectivity index (χ4n) is 12.9. The Morgan fingerprint density at radius 2 is 0.773 bits per heavy atom. The van der Waals surface area contributed by atoms with Gasteiger partial charge in [-0.3, -0.25) is 0 Å². The molecule has 5 heterocycles. The smallest absolute Gasteiger partial charge is 0.260 e. The molecule has 10 aromatic rings. The first-order valence-corrected chi connectivity index (χ1v) is 25.8. The lowest BCUT2D eigenvalue weighted by Gasteiger charge is -2.48. The predicted octanol–water partition coefficient (Wildman–Crippen LogP) is 14.1. The second kappa shape index (κ2) is 16.5. The third kappa shape index (κ3) is 6.37. The molecule has 0 saturated carbocycles. The van der Waals surface area contributed by atoms with E-state index in [-0.39, 0.29) is 25.3 Å². The first-order valence-electron chi connectivity index (χ1n) is 25.8. The molecule has 0 radical (unpaired) electrons. The molecule has 0 amide bonds. The standard InChI is InChI=1S/C66H44B2N4O3/c1-7-21-43(22-8-1)69(44-23-9-2-10-24-44)49-37-55-65-61(39-49)74-59-42-60-52-41-51(59)67(65)63-53(71(55)47-29-15-5-16-30-47)33-19-35-57(63)73-58-36-20-34-54-64(58)68(52)66-56(72(54)48-31-17-6-18-32-48)38-50(40-62(66)75-60)70(45-25-11-3-12-26-45)46-27-13-4-14-28-46/h1-42,51,59H. The Morgan fingerprint density at radius 3 is 1.29 bits per heavy atom. The van der Waals surface area contributed by atoms with Crippen LogP contribution in [-0.4, -0.2) is 19.5 Å². The molecular weight excluding hydrogens is 918 g/mol. The zero-order chi connectivity index (χ0) is 49.1. The minimum absolute atomic E-state index is 0.109. The highest BCUT2D eigenvalue weighted by molar-refractivity contribution is 6.96. The Hall–Kier alpha value is -9.59. The molecule has 0 N–H and O–H groups in total. The summed E-state index contributed by atoms with van der Waals surface area (Å²) in [5, 5.41) is 0. The van der Waals surface area contributed by atoms with Gasteiger partial charge in [-0.1, -0.05) is 127 Å². The summed E-state index contributed by atoms with van der Waals surface area (Å²) in [7, 11) is 0. The number of nitrogens with zero attached hydrogens (tertiary/aromatic N) is 4. The average molecular weight is 963 g/mol. The Balaban J connectivity index is 0.968. The normalized spacial score (nSPS) is 16.4. The molecule has 75 heavy (non-hydrogen) atoms. The number of hydrogen-bond acceptors (Lipinski definition) is 7. The lowest BCUT2D eigenvalue weighted by molar-refractivity contribution is 0.239. The van der Waals surface area contributed by atoms with Crippen LogP contribution in [0.15, 0.2) is 266 Å². The zero-order valence-electron chi connectivity index (χ0n) is 40.6. The molecule has 5 aliphatic heterocycles. The Labute approximate surface area is 436 Å². The van der Waals surface area contributed by atoms with Crippen molar-refractivity contribution in [1.82, 2.24) is 0 Å². The Morgan fingerprint density at radius 1 is 0.347 bits per heavy atom. The van der Waals surface area contributed by atoms with Crippen LogP contribution in [0, 0.1) is 0 Å². The fraction of sp³-hybridized carbons (Fsp3) is 0.0303. The van der Waals surface area contributed by atoms with Crippen molar-refractivity contribution in [2.45, 2.75) is 11.9 Å². The first-order chi connectivity index (χ1) is 37.2. The summed E-state index contributed by atoms with van der Waals surface area (Å²) in [5.74, 6) is 3.97. The van der Waals surface area contributed by atoms with E-state index in [1.807, 2.05) is 0 Å². The lowest BCUT2D eigenvalue weighted by Crippen LogP contribution is -2.61. The maximum Gasteiger partial charge on any atom is 0.260 e. The van der Waals surface area contributed by atoms with Gasteiger partial charge in [0.1, 0.15) is 34.9 Å². The van der Waals surface area contributed by atoms with Crippen LogP contribution in [0.3, 0.4) is 0 Å². The van der Waals surface area contributed by atoms with Crippen LogP contribution >= 0.6 is 0 Å². The summed E-state index contributed by atoms with van der Waals surface area (Å²) in [6, 6.07) is 86.2. The van der Waals surface area contributed by atoms with Crippen LogP contribution in [0.25, 0.3) is 0 Å². The van der Waals surface area contributed by atoms with Gasteiger partial charge in [-0.25, -0.2) is 0 Å². The zero-order valence-corrected chi connectivity index (χ0v) is 40.6. The van der Waals surface area contributed by atoms with Gasteiger partial charge in [0.05, 0.1) is 11.4 Å². The number of rotatable bonds is 8. The van der Waals surface area contributed by atoms with E-state index >= 15 is 0 Å². The Bertz CT molecular complexity index is 3900. The molecule has 2 unspecified atom stereocenters. The lowest BCUT2D eigenvalue weighted by atomic mass is 9.27. The van der Waals surface area contributed by atoms with E-state index in [1.54, 1.807) is 0 Å². The highest BCUT2D eigenvalue weighted by atomic mass is 16.5. The summed E-state index contributed by atoms with van der Waals surface area (Å²) < 4.78 is 22.7. The van der Waals surface area contributed by atoms with Crippen molar-refractivity contribution >= 4 is 104 Å². The summed E-state index contributed by atoms with van der Waals surface area (Å²) in [5.41, 5.74) is 18.1. The monoisotopic (exact) mass is 962 g/mol. The molecular formula is C66H44B2N4O3. The summed E-state index contributed by atoms with van der Waals surface area (Å²) in [6.45, 7) is -0.357. The Kier molecular flexibility index (Phi) is 9.21. The van der Waals surface area contributed by atoms with Gasteiger partial charge in [0.2, 0.25) is 6.71 Å². The van der Waals surface area contributed by atoms with E-state index in [0.29, 0.717) is 0 Å². The van der Waals surface area contributed by atoms with Gasteiger partial charge >= 0.3 is 0 Å². The van der Waals surface area contributed by atoms with Crippen LogP contribution in [0.4, 0.5) is 68.2 Å². The van der Waals surface area contributed by atoms with E-state index in [4.69, 9.17) is 14.2 Å². The van der Waals surface area contributed by atoms with Crippen LogP contribution in [-0.2, 0) is 0 Å². The van der Waals surface area contributed by atoms with E-state index in [0.717, 1.165) is 124 Å². The molecule has 2 bridgehead atoms. The summed E-state index contributed by atoms with van der Waals surface area (Å²) >= 11 is 0. The number of hydrogen-bond donors (Lipinski definition) is 0. The van der Waals surface area contributed by atoms with Crippen molar-refractivity contribution in [3.63, 3.8) is 0 Å². The molecule has 0 spiro atoms. The number of allylic oxidation sites excluding steroid dienone is 1. The molecule has 0 aromatic heterocycles. The number of anilines is 12. The van der Waals surface area contributed by atoms with Gasteiger partial charge in [-0.15, -0.1) is 0 Å². The van der Waals surface area contributed by atoms with Gasteiger partial charge in [0, 0.05) is 74.8 Å². The maximum absolute atomic E-state index is 7.64. The molecule has 16 rings (SSSR count). The second-order valence-corrected chi connectivity index (χ2v) is 19.9. The van der Waals surface area contributed by atoms with Crippen molar-refractivity contribution < 1.29 is 14.2 Å². The van der Waals surface area contributed by atoms with E-state index in [1.165, 1.54) is 0 Å². The number of ether oxygens (including phenoxy) is 3. The second-order valence-electron chi connectivity index (χ2n) is 19.9. The minimum Gasteiger partial charge on any atom is -0.487 e. The molecule has 6 aliphatic rings. The van der Waals surface area contributed by atoms with Crippen molar-refractivity contribution in [2.75, 3.05) is 19.6 Å². The molecule has 10 aromatic carbocycles. The van der Waals surface area contributed by atoms with Crippen molar-refractivity contribution in [1.29, 1.82) is 0 Å². The van der Waals surface area contributed by atoms with Gasteiger partial charge < -0.3 is 33.8 Å². The van der Waals surface area contributed by atoms with Gasteiger partial charge in [-0.2, -0.15) is 0 Å². The predicted molar refractivity (Wildman–Crippen MR) is 307 cm³/mol. The average Bonchev–Trinajstić information content (AvgIpc) is 3.46. The minimum atomic E-state index is -0.372. The van der Waals surface area contributed by atoms with Crippen molar-refractivity contribution in [3.05, 3.63) is 266 Å². The maximum atomic E-state index is 7.64. The van der Waals surface area contributed by atoms with Crippen LogP contribution in [0.5, 0.6) is 23.0 Å². The molecule has 0 fully saturated rings. The molecule has 9 heteroatoms. The quantitative estimate of drug-likeness (QED) is 0.141. The fourth-order valence-corrected chi connectivity index (χ4v) is 12.9. The molecule has 1 aliphatic carbocycles. The number of benzene rings is 10. The van der Waals surface area contributed by atoms with Crippen LogP contribution in [0.1, 0.15) is 0 Å². The SMILES string of the molecule is C1=C2Oc3cc(N(c4ccccc4)c4ccccc4)cc4c3B3C2=CC2B5c6c(cccc6N(c6ccccc6)c6cc(N(c7ccccc7)c7ccccc7)cc(c65)OC12)Oc1cccc(c13)N4c1ccccc1. The third-order valence-electron chi connectivity index (χ3n) is 15.8. The van der Waals surface area contributed by atoms with E-state index in [2.05, 4.69) is 274 Å². The van der Waals surface area contributed by atoms with Crippen molar-refractivity contribution in [2.24, 2.45) is 0 Å².